The molecule has 2 aliphatic heterocycles. The molecule has 2 aliphatic rings. The maximum atomic E-state index is 12.3. The van der Waals surface area contributed by atoms with Crippen molar-refractivity contribution in [3.8, 4) is 0 Å². The van der Waals surface area contributed by atoms with E-state index in [0.29, 0.717) is 13.1 Å². The van der Waals surface area contributed by atoms with Crippen LogP contribution in [0.2, 0.25) is 0 Å². The zero-order valence-electron chi connectivity index (χ0n) is 15.7. The second kappa shape index (κ2) is 6.51. The summed E-state index contributed by atoms with van der Waals surface area (Å²) < 4.78 is 5.35. The van der Waals surface area contributed by atoms with Gasteiger partial charge in [-0.05, 0) is 37.6 Å². The van der Waals surface area contributed by atoms with Gasteiger partial charge in [0.15, 0.2) is 5.84 Å². The first-order valence-corrected chi connectivity index (χ1v) is 8.48. The Morgan fingerprint density at radius 1 is 1.46 bits per heavy atom. The number of fused-ring (bicyclic) bond motifs is 1. The number of hydrogen-bond donors (Lipinski definition) is 1. The van der Waals surface area contributed by atoms with Gasteiger partial charge in [0.1, 0.15) is 13.2 Å². The molecule has 3 rings (SSSR count). The Morgan fingerprint density at radius 2 is 2.19 bits per heavy atom. The summed E-state index contributed by atoms with van der Waals surface area (Å²) in [7, 11) is 3.47. The molecule has 26 heavy (non-hydrogen) atoms. The summed E-state index contributed by atoms with van der Waals surface area (Å²) in [6.07, 6.45) is -0.767. The number of carbonyl (C=O) groups is 2. The number of nitrogens with zero attached hydrogens (tertiary/aromatic N) is 3. The summed E-state index contributed by atoms with van der Waals surface area (Å²) in [5.74, 6) is 0.659. The van der Waals surface area contributed by atoms with Crippen LogP contribution in [0.3, 0.4) is 0 Å². The predicted molar refractivity (Wildman–Crippen MR) is 98.6 cm³/mol. The maximum Gasteiger partial charge on any atom is 0.414 e. The number of ether oxygens (including phenoxy) is 1. The topological polar surface area (TPSA) is 83.5 Å². The number of benzene rings is 1. The average molecular weight is 360 g/mol. The maximum absolute atomic E-state index is 12.3. The number of anilines is 2. The lowest BCUT2D eigenvalue weighted by Gasteiger charge is -2.21. The molecule has 0 saturated carbocycles. The van der Waals surface area contributed by atoms with Crippen LogP contribution in [0.25, 0.3) is 0 Å². The minimum absolute atomic E-state index is 0.147. The van der Waals surface area contributed by atoms with Crippen molar-refractivity contribution in [2.75, 3.05) is 37.0 Å². The highest BCUT2D eigenvalue weighted by Crippen LogP contribution is 2.43. The lowest BCUT2D eigenvalue weighted by atomic mass is 9.85. The fourth-order valence-electron chi connectivity index (χ4n) is 3.50. The van der Waals surface area contributed by atoms with Crippen molar-refractivity contribution in [1.82, 2.24) is 5.32 Å². The first-order valence-electron chi connectivity index (χ1n) is 8.48. The molecule has 0 aliphatic carbocycles. The van der Waals surface area contributed by atoms with Crippen LogP contribution in [-0.4, -0.2) is 51.2 Å². The molecule has 0 spiro atoms. The number of nitrogens with one attached hydrogen (secondary N) is 1. The number of carbonyl (C=O) groups excluding carboxylic acids is 2. The van der Waals surface area contributed by atoms with Gasteiger partial charge in [0.05, 0.1) is 18.5 Å². The van der Waals surface area contributed by atoms with Gasteiger partial charge in [0.25, 0.3) is 0 Å². The molecule has 1 atom stereocenters. The molecular weight excluding hydrogens is 336 g/mol. The second-order valence-corrected chi connectivity index (χ2v) is 7.04. The van der Waals surface area contributed by atoms with Crippen molar-refractivity contribution >= 4 is 29.2 Å². The quantitative estimate of drug-likeness (QED) is 0.829. The fraction of sp³-hybridized carbons (Fsp3) is 0.500. The van der Waals surface area contributed by atoms with Crippen LogP contribution in [0.5, 0.6) is 0 Å². The van der Waals surface area contributed by atoms with E-state index in [1.165, 1.54) is 14.0 Å². The van der Waals surface area contributed by atoms with Crippen molar-refractivity contribution in [2.24, 2.45) is 5.16 Å². The number of oxime groups is 1. The van der Waals surface area contributed by atoms with Crippen molar-refractivity contribution in [2.45, 2.75) is 32.3 Å². The van der Waals surface area contributed by atoms with Crippen LogP contribution in [0, 0.1) is 0 Å². The Hall–Kier alpha value is -2.77. The van der Waals surface area contributed by atoms with Crippen LogP contribution in [0.4, 0.5) is 16.2 Å². The van der Waals surface area contributed by atoms with E-state index in [9.17, 15) is 9.59 Å². The molecule has 140 valence electrons. The van der Waals surface area contributed by atoms with Crippen molar-refractivity contribution in [1.29, 1.82) is 0 Å². The number of cyclic esters (lactones) is 1. The van der Waals surface area contributed by atoms with Crippen LogP contribution in [0.15, 0.2) is 23.4 Å². The molecule has 2 amide bonds. The monoisotopic (exact) mass is 360 g/mol. The van der Waals surface area contributed by atoms with Gasteiger partial charge in [-0.15, -0.1) is 0 Å². The molecule has 0 bridgehead atoms. The highest BCUT2D eigenvalue weighted by molar-refractivity contribution is 6.11. The third-order valence-corrected chi connectivity index (χ3v) is 4.83. The van der Waals surface area contributed by atoms with Crippen molar-refractivity contribution in [3.05, 3.63) is 23.8 Å². The molecule has 0 unspecified atom stereocenters. The summed E-state index contributed by atoms with van der Waals surface area (Å²) in [5.41, 5.74) is 2.50. The molecule has 0 aromatic heterocycles. The highest BCUT2D eigenvalue weighted by atomic mass is 16.6. The number of amides is 2. The molecular formula is C18H24N4O4. The van der Waals surface area contributed by atoms with Gasteiger partial charge in [-0.1, -0.05) is 5.16 Å². The Labute approximate surface area is 152 Å². The smallest absolute Gasteiger partial charge is 0.414 e. The number of rotatable bonds is 4. The van der Waals surface area contributed by atoms with Gasteiger partial charge in [-0.25, -0.2) is 4.79 Å². The van der Waals surface area contributed by atoms with Crippen LogP contribution >= 0.6 is 0 Å². The average Bonchev–Trinajstić information content (AvgIpc) is 3.04. The van der Waals surface area contributed by atoms with E-state index in [2.05, 4.69) is 24.3 Å². The van der Waals surface area contributed by atoms with E-state index in [4.69, 9.17) is 9.57 Å². The molecule has 0 radical (unpaired) electrons. The normalized spacial score (nSPS) is 22.4. The van der Waals surface area contributed by atoms with E-state index >= 15 is 0 Å². The first-order chi connectivity index (χ1) is 12.3. The van der Waals surface area contributed by atoms with Gasteiger partial charge in [-0.3, -0.25) is 9.69 Å². The third kappa shape index (κ3) is 2.95. The number of likely N-dealkylation sites (N-methyl/N-ethyl adjacent to an activating group) is 1. The largest absolute Gasteiger partial charge is 0.442 e. The zero-order valence-corrected chi connectivity index (χ0v) is 15.7. The van der Waals surface area contributed by atoms with E-state index in [-0.39, 0.29) is 17.4 Å². The van der Waals surface area contributed by atoms with Crippen LogP contribution in [-0.2, 0) is 19.8 Å². The standard InChI is InChI=1S/C18H24N4O4/c1-11(23)19-9-13-10-22(17(24)26-13)12-6-7-15-14(8-12)18(2,3)16(20-25-5)21(15)4/h6-8,13H,9-10H2,1-5H3,(H,19,23)/t13-/m0/s1. The Kier molecular flexibility index (Phi) is 4.52. The summed E-state index contributed by atoms with van der Waals surface area (Å²) in [4.78, 5) is 31.9. The second-order valence-electron chi connectivity index (χ2n) is 7.04. The van der Waals surface area contributed by atoms with Gasteiger partial charge >= 0.3 is 6.09 Å². The van der Waals surface area contributed by atoms with Crippen LogP contribution < -0.4 is 15.1 Å². The van der Waals surface area contributed by atoms with Gasteiger partial charge < -0.3 is 19.8 Å². The van der Waals surface area contributed by atoms with E-state index < -0.39 is 6.09 Å². The summed E-state index contributed by atoms with van der Waals surface area (Å²) in [6.45, 7) is 6.28. The Balaban J connectivity index is 1.87. The summed E-state index contributed by atoms with van der Waals surface area (Å²) in [5, 5.41) is 6.85. The SMILES string of the molecule is CON=C1N(C)c2ccc(N3C[C@H](CNC(C)=O)OC3=O)cc2C1(C)C. The molecule has 2 heterocycles. The van der Waals surface area contributed by atoms with Crippen LogP contribution in [0.1, 0.15) is 26.3 Å². The summed E-state index contributed by atoms with van der Waals surface area (Å²) >= 11 is 0. The Morgan fingerprint density at radius 3 is 2.85 bits per heavy atom. The minimum atomic E-state index is -0.407. The van der Waals surface area contributed by atoms with Gasteiger partial charge in [-0.2, -0.15) is 0 Å². The van der Waals surface area contributed by atoms with Gasteiger partial charge in [0.2, 0.25) is 5.91 Å². The minimum Gasteiger partial charge on any atom is -0.442 e. The summed E-state index contributed by atoms with van der Waals surface area (Å²) in [6, 6.07) is 5.86. The molecule has 8 heteroatoms. The molecule has 1 aromatic carbocycles. The third-order valence-electron chi connectivity index (χ3n) is 4.83. The molecule has 8 nitrogen and oxygen atoms in total. The predicted octanol–water partition coefficient (Wildman–Crippen LogP) is 1.84. The molecule has 1 saturated heterocycles. The van der Waals surface area contributed by atoms with E-state index in [1.807, 2.05) is 30.1 Å². The number of amidine groups is 1. The zero-order chi connectivity index (χ0) is 19.1. The Bertz CT molecular complexity index is 774. The van der Waals surface area contributed by atoms with Gasteiger partial charge in [0, 0.05) is 25.3 Å². The van der Waals surface area contributed by atoms with E-state index in [0.717, 1.165) is 22.8 Å². The first kappa shape index (κ1) is 18.0. The molecule has 1 fully saturated rings. The lowest BCUT2D eigenvalue weighted by Crippen LogP contribution is -2.34. The lowest BCUT2D eigenvalue weighted by molar-refractivity contribution is -0.119. The number of hydrogen-bond acceptors (Lipinski definition) is 5. The fourth-order valence-corrected chi connectivity index (χ4v) is 3.50. The van der Waals surface area contributed by atoms with Crippen molar-refractivity contribution in [3.63, 3.8) is 0 Å². The molecule has 1 N–H and O–H groups in total. The van der Waals surface area contributed by atoms with E-state index in [1.54, 1.807) is 4.90 Å². The highest BCUT2D eigenvalue weighted by Gasteiger charge is 2.42. The van der Waals surface area contributed by atoms with Crippen molar-refractivity contribution < 1.29 is 19.2 Å². The molecule has 1 aromatic rings.